The Morgan fingerprint density at radius 3 is 2.94 bits per heavy atom. The normalized spacial score (nSPS) is 9.75. The molecule has 0 aliphatic rings. The van der Waals surface area contributed by atoms with Gasteiger partial charge in [-0.2, -0.15) is 10.2 Å². The minimum Gasteiger partial charge on any atom is -0.377 e. The Balaban J connectivity index is 2.08. The third-order valence-electron chi connectivity index (χ3n) is 2.05. The second-order valence-electron chi connectivity index (χ2n) is 3.24. The van der Waals surface area contributed by atoms with Gasteiger partial charge in [0.1, 0.15) is 6.07 Å². The molecule has 0 spiro atoms. The number of rotatable bonds is 3. The van der Waals surface area contributed by atoms with Crippen LogP contribution >= 0.6 is 0 Å². The van der Waals surface area contributed by atoms with Gasteiger partial charge in [0.2, 0.25) is 5.89 Å². The summed E-state index contributed by atoms with van der Waals surface area (Å²) in [6.45, 7) is 2.18. The number of para-hydroxylation sites is 1. The summed E-state index contributed by atoms with van der Waals surface area (Å²) in [6, 6.07) is 9.39. The topological polar surface area (TPSA) is 74.7 Å². The summed E-state index contributed by atoms with van der Waals surface area (Å²) < 4.78 is 4.84. The zero-order chi connectivity index (χ0) is 11.4. The largest absolute Gasteiger partial charge is 0.377 e. The van der Waals surface area contributed by atoms with Crippen LogP contribution in [0.5, 0.6) is 0 Å². The number of aromatic nitrogens is 2. The van der Waals surface area contributed by atoms with E-state index in [1.165, 1.54) is 0 Å². The molecule has 16 heavy (non-hydrogen) atoms. The SMILES string of the molecule is Cc1nc(CNc2ccccc2C#N)no1. The first-order valence-corrected chi connectivity index (χ1v) is 4.82. The Morgan fingerprint density at radius 2 is 2.25 bits per heavy atom. The molecule has 0 radical (unpaired) electrons. The quantitative estimate of drug-likeness (QED) is 0.844. The molecule has 0 unspecified atom stereocenters. The van der Waals surface area contributed by atoms with Gasteiger partial charge in [-0.1, -0.05) is 17.3 Å². The van der Waals surface area contributed by atoms with Gasteiger partial charge in [0, 0.05) is 6.92 Å². The molecule has 0 aliphatic carbocycles. The van der Waals surface area contributed by atoms with Gasteiger partial charge in [-0.25, -0.2) is 0 Å². The molecule has 5 nitrogen and oxygen atoms in total. The molecule has 1 N–H and O–H groups in total. The zero-order valence-electron chi connectivity index (χ0n) is 8.77. The van der Waals surface area contributed by atoms with Crippen LogP contribution in [-0.4, -0.2) is 10.1 Å². The van der Waals surface area contributed by atoms with Gasteiger partial charge < -0.3 is 9.84 Å². The number of benzene rings is 1. The number of nitrogens with one attached hydrogen (secondary N) is 1. The Labute approximate surface area is 92.7 Å². The van der Waals surface area contributed by atoms with Gasteiger partial charge >= 0.3 is 0 Å². The summed E-state index contributed by atoms with van der Waals surface area (Å²) in [4.78, 5) is 4.06. The summed E-state index contributed by atoms with van der Waals surface area (Å²) in [6.07, 6.45) is 0. The van der Waals surface area contributed by atoms with E-state index < -0.39 is 0 Å². The maximum Gasteiger partial charge on any atom is 0.223 e. The fraction of sp³-hybridized carbons (Fsp3) is 0.182. The van der Waals surface area contributed by atoms with Crippen molar-refractivity contribution in [3.8, 4) is 6.07 Å². The highest BCUT2D eigenvalue weighted by Gasteiger charge is 2.03. The van der Waals surface area contributed by atoms with E-state index in [1.54, 1.807) is 13.0 Å². The fourth-order valence-electron chi connectivity index (χ4n) is 1.32. The molecule has 0 bridgehead atoms. The predicted molar refractivity (Wildman–Crippen MR) is 57.5 cm³/mol. The summed E-state index contributed by atoms with van der Waals surface area (Å²) in [5.74, 6) is 1.11. The third-order valence-corrected chi connectivity index (χ3v) is 2.05. The predicted octanol–water partition coefficient (Wildman–Crippen LogP) is 1.86. The molecule has 0 fully saturated rings. The van der Waals surface area contributed by atoms with Crippen molar-refractivity contribution < 1.29 is 4.52 Å². The lowest BCUT2D eigenvalue weighted by Gasteiger charge is -2.04. The standard InChI is InChI=1S/C11H10N4O/c1-8-14-11(15-16-8)7-13-10-5-3-2-4-9(10)6-12/h2-5,13H,7H2,1H3. The van der Waals surface area contributed by atoms with Crippen LogP contribution in [-0.2, 0) is 6.54 Å². The van der Waals surface area contributed by atoms with Crippen LogP contribution in [0.2, 0.25) is 0 Å². The van der Waals surface area contributed by atoms with Crippen molar-refractivity contribution in [2.75, 3.05) is 5.32 Å². The highest BCUT2D eigenvalue weighted by atomic mass is 16.5. The van der Waals surface area contributed by atoms with E-state index in [0.29, 0.717) is 23.8 Å². The smallest absolute Gasteiger partial charge is 0.223 e. The first-order chi connectivity index (χ1) is 7.79. The summed E-state index contributed by atoms with van der Waals surface area (Å²) >= 11 is 0. The van der Waals surface area contributed by atoms with Gasteiger partial charge in [0.15, 0.2) is 5.82 Å². The minimum atomic E-state index is 0.441. The first kappa shape index (κ1) is 10.2. The van der Waals surface area contributed by atoms with Crippen molar-refractivity contribution in [2.24, 2.45) is 0 Å². The molecule has 5 heteroatoms. The lowest BCUT2D eigenvalue weighted by Crippen LogP contribution is -2.02. The van der Waals surface area contributed by atoms with Crippen molar-refractivity contribution in [1.82, 2.24) is 10.1 Å². The average molecular weight is 214 g/mol. The van der Waals surface area contributed by atoms with Gasteiger partial charge in [-0.05, 0) is 12.1 Å². The van der Waals surface area contributed by atoms with Crippen LogP contribution in [0.3, 0.4) is 0 Å². The van der Waals surface area contributed by atoms with Crippen molar-refractivity contribution in [3.63, 3.8) is 0 Å². The van der Waals surface area contributed by atoms with E-state index in [9.17, 15) is 0 Å². The van der Waals surface area contributed by atoms with Crippen LogP contribution in [0.4, 0.5) is 5.69 Å². The molecule has 0 saturated carbocycles. The molecule has 1 aromatic heterocycles. The second kappa shape index (κ2) is 4.45. The molecule has 0 amide bonds. The monoisotopic (exact) mass is 214 g/mol. The number of hydrogen-bond acceptors (Lipinski definition) is 5. The Kier molecular flexibility index (Phi) is 2.83. The number of nitriles is 1. The van der Waals surface area contributed by atoms with Crippen LogP contribution in [0.25, 0.3) is 0 Å². The molecular formula is C11H10N4O. The van der Waals surface area contributed by atoms with E-state index in [2.05, 4.69) is 21.5 Å². The van der Waals surface area contributed by atoms with Gasteiger partial charge in [-0.15, -0.1) is 0 Å². The van der Waals surface area contributed by atoms with Crippen molar-refractivity contribution in [3.05, 3.63) is 41.5 Å². The lowest BCUT2D eigenvalue weighted by atomic mass is 10.2. The highest BCUT2D eigenvalue weighted by molar-refractivity contribution is 5.56. The Bertz CT molecular complexity index is 527. The zero-order valence-corrected chi connectivity index (χ0v) is 8.77. The van der Waals surface area contributed by atoms with E-state index in [4.69, 9.17) is 9.78 Å². The first-order valence-electron chi connectivity index (χ1n) is 4.82. The van der Waals surface area contributed by atoms with Crippen molar-refractivity contribution >= 4 is 5.69 Å². The summed E-state index contributed by atoms with van der Waals surface area (Å²) in [5.41, 5.74) is 1.37. The van der Waals surface area contributed by atoms with Gasteiger partial charge in [0.05, 0.1) is 17.8 Å². The summed E-state index contributed by atoms with van der Waals surface area (Å²) in [5, 5.41) is 15.7. The second-order valence-corrected chi connectivity index (χ2v) is 3.24. The van der Waals surface area contributed by atoms with Crippen molar-refractivity contribution in [2.45, 2.75) is 13.5 Å². The lowest BCUT2D eigenvalue weighted by molar-refractivity contribution is 0.388. The van der Waals surface area contributed by atoms with Gasteiger partial charge in [0.25, 0.3) is 0 Å². The van der Waals surface area contributed by atoms with Crippen LogP contribution in [0, 0.1) is 18.3 Å². The molecule has 80 valence electrons. The molecule has 0 saturated heterocycles. The van der Waals surface area contributed by atoms with Crippen LogP contribution in [0.1, 0.15) is 17.3 Å². The number of anilines is 1. The molecule has 0 atom stereocenters. The maximum absolute atomic E-state index is 8.88. The van der Waals surface area contributed by atoms with E-state index in [1.807, 2.05) is 18.2 Å². The van der Waals surface area contributed by atoms with E-state index in [-0.39, 0.29) is 0 Å². The Hall–Kier alpha value is -2.35. The van der Waals surface area contributed by atoms with E-state index >= 15 is 0 Å². The van der Waals surface area contributed by atoms with Crippen LogP contribution < -0.4 is 5.32 Å². The number of nitrogens with zero attached hydrogens (tertiary/aromatic N) is 3. The molecule has 1 heterocycles. The van der Waals surface area contributed by atoms with Crippen LogP contribution in [0.15, 0.2) is 28.8 Å². The molecular weight excluding hydrogens is 204 g/mol. The molecule has 2 rings (SSSR count). The fourth-order valence-corrected chi connectivity index (χ4v) is 1.32. The number of hydrogen-bond donors (Lipinski definition) is 1. The number of aryl methyl sites for hydroxylation is 1. The Morgan fingerprint density at radius 1 is 1.44 bits per heavy atom. The molecule has 0 aliphatic heterocycles. The van der Waals surface area contributed by atoms with E-state index in [0.717, 1.165) is 5.69 Å². The highest BCUT2D eigenvalue weighted by Crippen LogP contribution is 2.14. The minimum absolute atomic E-state index is 0.441. The maximum atomic E-state index is 8.88. The third kappa shape index (κ3) is 2.17. The van der Waals surface area contributed by atoms with Crippen molar-refractivity contribution in [1.29, 1.82) is 5.26 Å². The average Bonchev–Trinajstić information content (AvgIpc) is 2.73. The van der Waals surface area contributed by atoms with Gasteiger partial charge in [-0.3, -0.25) is 0 Å². The molecule has 1 aromatic carbocycles. The summed E-state index contributed by atoms with van der Waals surface area (Å²) in [7, 11) is 0. The molecule has 2 aromatic rings.